The number of aliphatic hydroxyl groups excluding tert-OH is 1. The third kappa shape index (κ3) is 3.43. The van der Waals surface area contributed by atoms with Crippen LogP contribution in [0, 0.1) is 0 Å². The van der Waals surface area contributed by atoms with Gasteiger partial charge in [0.15, 0.2) is 0 Å². The first-order valence-electron chi connectivity index (χ1n) is 7.74. The number of rotatable bonds is 6. The van der Waals surface area contributed by atoms with Gasteiger partial charge in [-0.25, -0.2) is 4.98 Å². The molecule has 0 aliphatic rings. The van der Waals surface area contributed by atoms with E-state index in [0.29, 0.717) is 24.7 Å². The van der Waals surface area contributed by atoms with Gasteiger partial charge in [0.05, 0.1) is 6.61 Å². The molecule has 118 valence electrons. The third-order valence-corrected chi connectivity index (χ3v) is 3.70. The standard InChI is InChI=1S/C19H20N2O2/c1-2-23-17-11-7-6-10-16(17)18(22)19-20-12-13-21(19)14-15-8-4-3-5-9-15/h3-13,18,22H,2,14H2,1H3/t18-/m1/s1. The number of aliphatic hydroxyl groups is 1. The summed E-state index contributed by atoms with van der Waals surface area (Å²) in [7, 11) is 0. The zero-order valence-corrected chi connectivity index (χ0v) is 13.1. The SMILES string of the molecule is CCOc1ccccc1[C@@H](O)c1nccn1Cc1ccccc1. The van der Waals surface area contributed by atoms with Crippen molar-refractivity contribution in [2.75, 3.05) is 6.61 Å². The summed E-state index contributed by atoms with van der Waals surface area (Å²) in [6, 6.07) is 17.7. The minimum absolute atomic E-state index is 0.558. The molecule has 0 aliphatic heterocycles. The fourth-order valence-corrected chi connectivity index (χ4v) is 2.61. The molecule has 0 bridgehead atoms. The van der Waals surface area contributed by atoms with E-state index in [1.54, 1.807) is 6.20 Å². The zero-order chi connectivity index (χ0) is 16.1. The second-order valence-corrected chi connectivity index (χ2v) is 5.27. The summed E-state index contributed by atoms with van der Waals surface area (Å²) in [4.78, 5) is 4.35. The van der Waals surface area contributed by atoms with E-state index < -0.39 is 6.10 Å². The van der Waals surface area contributed by atoms with Gasteiger partial charge in [0.2, 0.25) is 0 Å². The molecule has 2 aromatic carbocycles. The predicted octanol–water partition coefficient (Wildman–Crippen LogP) is 3.41. The van der Waals surface area contributed by atoms with Crippen molar-refractivity contribution in [2.45, 2.75) is 19.6 Å². The number of hydrogen-bond acceptors (Lipinski definition) is 3. The van der Waals surface area contributed by atoms with Crippen molar-refractivity contribution in [2.24, 2.45) is 0 Å². The van der Waals surface area contributed by atoms with Gasteiger partial charge in [-0.15, -0.1) is 0 Å². The van der Waals surface area contributed by atoms with Gasteiger partial charge in [0.1, 0.15) is 17.7 Å². The summed E-state index contributed by atoms with van der Waals surface area (Å²) in [5, 5.41) is 10.8. The van der Waals surface area contributed by atoms with E-state index in [1.807, 2.05) is 60.2 Å². The average Bonchev–Trinajstić information content (AvgIpc) is 3.04. The van der Waals surface area contributed by atoms with Crippen LogP contribution in [0.25, 0.3) is 0 Å². The lowest BCUT2D eigenvalue weighted by molar-refractivity contribution is 0.198. The van der Waals surface area contributed by atoms with Crippen LogP contribution < -0.4 is 4.74 Å². The van der Waals surface area contributed by atoms with Crippen molar-refractivity contribution in [1.29, 1.82) is 0 Å². The summed E-state index contributed by atoms with van der Waals surface area (Å²) >= 11 is 0. The number of aromatic nitrogens is 2. The molecule has 4 heteroatoms. The molecule has 3 aromatic rings. The molecule has 3 rings (SSSR count). The highest BCUT2D eigenvalue weighted by Crippen LogP contribution is 2.29. The van der Waals surface area contributed by atoms with Gasteiger partial charge in [-0.2, -0.15) is 0 Å². The Kier molecular flexibility index (Phi) is 4.74. The second kappa shape index (κ2) is 7.11. The Morgan fingerprint density at radius 1 is 1.09 bits per heavy atom. The number of hydrogen-bond donors (Lipinski definition) is 1. The van der Waals surface area contributed by atoms with Crippen molar-refractivity contribution in [3.8, 4) is 5.75 Å². The summed E-state index contributed by atoms with van der Waals surface area (Å²) in [5.41, 5.74) is 1.90. The molecule has 0 saturated heterocycles. The van der Waals surface area contributed by atoms with E-state index >= 15 is 0 Å². The minimum atomic E-state index is -0.823. The van der Waals surface area contributed by atoms with Crippen LogP contribution in [0.3, 0.4) is 0 Å². The molecule has 1 atom stereocenters. The van der Waals surface area contributed by atoms with Gasteiger partial charge in [0, 0.05) is 24.5 Å². The van der Waals surface area contributed by atoms with E-state index in [-0.39, 0.29) is 0 Å². The molecule has 0 unspecified atom stereocenters. The number of nitrogens with zero attached hydrogens (tertiary/aromatic N) is 2. The van der Waals surface area contributed by atoms with Crippen molar-refractivity contribution in [3.05, 3.63) is 83.9 Å². The van der Waals surface area contributed by atoms with Gasteiger partial charge in [0.25, 0.3) is 0 Å². The van der Waals surface area contributed by atoms with Crippen molar-refractivity contribution in [3.63, 3.8) is 0 Å². The second-order valence-electron chi connectivity index (χ2n) is 5.27. The molecule has 0 radical (unpaired) electrons. The Morgan fingerprint density at radius 3 is 2.61 bits per heavy atom. The molecule has 0 aliphatic carbocycles. The van der Waals surface area contributed by atoms with Crippen LogP contribution in [-0.4, -0.2) is 21.3 Å². The molecular formula is C19H20N2O2. The molecule has 1 heterocycles. The fourth-order valence-electron chi connectivity index (χ4n) is 2.61. The van der Waals surface area contributed by atoms with E-state index in [2.05, 4.69) is 17.1 Å². The van der Waals surface area contributed by atoms with Gasteiger partial charge in [-0.3, -0.25) is 0 Å². The van der Waals surface area contributed by atoms with Crippen LogP contribution >= 0.6 is 0 Å². The molecule has 23 heavy (non-hydrogen) atoms. The summed E-state index contributed by atoms with van der Waals surface area (Å²) in [5.74, 6) is 1.30. The molecule has 0 fully saturated rings. The number of imidazole rings is 1. The zero-order valence-electron chi connectivity index (χ0n) is 13.1. The highest BCUT2D eigenvalue weighted by molar-refractivity contribution is 5.38. The van der Waals surface area contributed by atoms with Crippen LogP contribution in [0.4, 0.5) is 0 Å². The highest BCUT2D eigenvalue weighted by atomic mass is 16.5. The lowest BCUT2D eigenvalue weighted by atomic mass is 10.1. The lowest BCUT2D eigenvalue weighted by Gasteiger charge is -2.17. The summed E-state index contributed by atoms with van der Waals surface area (Å²) in [6.45, 7) is 3.16. The van der Waals surface area contributed by atoms with E-state index in [1.165, 1.54) is 0 Å². The molecule has 0 saturated carbocycles. The quantitative estimate of drug-likeness (QED) is 0.759. The van der Waals surface area contributed by atoms with Gasteiger partial charge >= 0.3 is 0 Å². The molecular weight excluding hydrogens is 288 g/mol. The average molecular weight is 308 g/mol. The highest BCUT2D eigenvalue weighted by Gasteiger charge is 2.20. The Bertz CT molecular complexity index is 753. The maximum Gasteiger partial charge on any atom is 0.142 e. The predicted molar refractivity (Wildman–Crippen MR) is 89.4 cm³/mol. The topological polar surface area (TPSA) is 47.3 Å². The Labute approximate surface area is 136 Å². The number of benzene rings is 2. The van der Waals surface area contributed by atoms with Crippen LogP contribution in [-0.2, 0) is 6.54 Å². The number of ether oxygens (including phenoxy) is 1. The van der Waals surface area contributed by atoms with Gasteiger partial charge < -0.3 is 14.4 Å². The maximum atomic E-state index is 10.8. The molecule has 4 nitrogen and oxygen atoms in total. The maximum absolute atomic E-state index is 10.8. The normalized spacial score (nSPS) is 12.1. The summed E-state index contributed by atoms with van der Waals surface area (Å²) in [6.07, 6.45) is 2.77. The largest absolute Gasteiger partial charge is 0.493 e. The van der Waals surface area contributed by atoms with E-state index in [0.717, 1.165) is 11.1 Å². The Morgan fingerprint density at radius 2 is 1.83 bits per heavy atom. The van der Waals surface area contributed by atoms with Crippen molar-refractivity contribution in [1.82, 2.24) is 9.55 Å². The minimum Gasteiger partial charge on any atom is -0.493 e. The van der Waals surface area contributed by atoms with Gasteiger partial charge in [-0.05, 0) is 18.6 Å². The summed E-state index contributed by atoms with van der Waals surface area (Å²) < 4.78 is 7.58. The first-order valence-corrected chi connectivity index (χ1v) is 7.74. The first-order chi connectivity index (χ1) is 11.3. The fraction of sp³-hybridized carbons (Fsp3) is 0.211. The monoisotopic (exact) mass is 308 g/mol. The lowest BCUT2D eigenvalue weighted by Crippen LogP contribution is -2.12. The molecule has 1 aromatic heterocycles. The van der Waals surface area contributed by atoms with Crippen LogP contribution in [0.15, 0.2) is 67.0 Å². The van der Waals surface area contributed by atoms with E-state index in [9.17, 15) is 5.11 Å². The van der Waals surface area contributed by atoms with Crippen LogP contribution in [0.2, 0.25) is 0 Å². The van der Waals surface area contributed by atoms with Crippen LogP contribution in [0.5, 0.6) is 5.75 Å². The van der Waals surface area contributed by atoms with E-state index in [4.69, 9.17) is 4.74 Å². The smallest absolute Gasteiger partial charge is 0.142 e. The Hall–Kier alpha value is -2.59. The van der Waals surface area contributed by atoms with Gasteiger partial charge in [-0.1, -0.05) is 48.5 Å². The molecule has 1 N–H and O–H groups in total. The van der Waals surface area contributed by atoms with Crippen molar-refractivity contribution >= 4 is 0 Å². The first kappa shape index (κ1) is 15.3. The molecule has 0 amide bonds. The van der Waals surface area contributed by atoms with Crippen molar-refractivity contribution < 1.29 is 9.84 Å². The number of para-hydroxylation sites is 1. The van der Waals surface area contributed by atoms with Crippen LogP contribution in [0.1, 0.15) is 30.0 Å². The Balaban J connectivity index is 1.89. The molecule has 0 spiro atoms. The third-order valence-electron chi connectivity index (χ3n) is 3.70.